The molecule has 0 saturated carbocycles. The third-order valence-corrected chi connectivity index (χ3v) is 4.33. The highest BCUT2D eigenvalue weighted by atomic mass is 16.5. The van der Waals surface area contributed by atoms with E-state index in [2.05, 4.69) is 20.3 Å². The third kappa shape index (κ3) is 3.25. The van der Waals surface area contributed by atoms with Crippen molar-refractivity contribution in [2.45, 2.75) is 6.92 Å². The number of pyridine rings is 1. The molecule has 0 aliphatic rings. The zero-order valence-electron chi connectivity index (χ0n) is 15.0. The molecule has 2 N–H and O–H groups in total. The highest BCUT2D eigenvalue weighted by Crippen LogP contribution is 2.27. The number of aromatic nitrogens is 3. The SMILES string of the molecule is COc1ccccc1Nc1nc2nccc(-c3ccc(C)cc3)c2c(=O)[nH]1. The quantitative estimate of drug-likeness (QED) is 0.575. The van der Waals surface area contributed by atoms with Crippen molar-refractivity contribution in [3.8, 4) is 16.9 Å². The number of rotatable bonds is 4. The lowest BCUT2D eigenvalue weighted by Crippen LogP contribution is -2.13. The third-order valence-electron chi connectivity index (χ3n) is 4.33. The lowest BCUT2D eigenvalue weighted by Gasteiger charge is -2.11. The second-order valence-electron chi connectivity index (χ2n) is 6.16. The summed E-state index contributed by atoms with van der Waals surface area (Å²) in [5.41, 5.74) is 3.75. The lowest BCUT2D eigenvalue weighted by atomic mass is 10.0. The van der Waals surface area contributed by atoms with Crippen LogP contribution >= 0.6 is 0 Å². The van der Waals surface area contributed by atoms with Gasteiger partial charge in [-0.05, 0) is 36.2 Å². The van der Waals surface area contributed by atoms with Crippen molar-refractivity contribution in [2.24, 2.45) is 0 Å². The molecule has 134 valence electrons. The van der Waals surface area contributed by atoms with Crippen molar-refractivity contribution in [1.29, 1.82) is 0 Å². The van der Waals surface area contributed by atoms with Gasteiger partial charge in [0.25, 0.3) is 5.56 Å². The Morgan fingerprint density at radius 2 is 1.81 bits per heavy atom. The van der Waals surface area contributed by atoms with Crippen LogP contribution in [0.3, 0.4) is 0 Å². The molecule has 2 aromatic carbocycles. The topological polar surface area (TPSA) is 79.9 Å². The van der Waals surface area contributed by atoms with Gasteiger partial charge in [-0.25, -0.2) is 4.98 Å². The normalized spacial score (nSPS) is 10.7. The summed E-state index contributed by atoms with van der Waals surface area (Å²) in [4.78, 5) is 24.4. The molecule has 27 heavy (non-hydrogen) atoms. The molecule has 0 spiro atoms. The summed E-state index contributed by atoms with van der Waals surface area (Å²) in [5.74, 6) is 0.965. The number of nitrogens with one attached hydrogen (secondary N) is 2. The second kappa shape index (κ2) is 6.92. The van der Waals surface area contributed by atoms with Gasteiger partial charge in [0.2, 0.25) is 5.95 Å². The Morgan fingerprint density at radius 1 is 1.04 bits per heavy atom. The number of para-hydroxylation sites is 2. The van der Waals surface area contributed by atoms with Crippen LogP contribution in [0.25, 0.3) is 22.2 Å². The maximum atomic E-state index is 12.8. The van der Waals surface area contributed by atoms with Gasteiger partial charge < -0.3 is 10.1 Å². The summed E-state index contributed by atoms with van der Waals surface area (Å²) < 4.78 is 5.32. The Morgan fingerprint density at radius 3 is 2.59 bits per heavy atom. The molecule has 0 amide bonds. The molecule has 4 aromatic rings. The van der Waals surface area contributed by atoms with E-state index >= 15 is 0 Å². The van der Waals surface area contributed by atoms with Crippen molar-refractivity contribution in [3.63, 3.8) is 0 Å². The van der Waals surface area contributed by atoms with E-state index < -0.39 is 0 Å². The monoisotopic (exact) mass is 358 g/mol. The molecule has 6 heteroatoms. The van der Waals surface area contributed by atoms with Crippen LogP contribution < -0.4 is 15.6 Å². The van der Waals surface area contributed by atoms with Gasteiger partial charge in [-0.15, -0.1) is 0 Å². The van der Waals surface area contributed by atoms with Gasteiger partial charge in [0.15, 0.2) is 5.65 Å². The number of benzene rings is 2. The first-order valence-corrected chi connectivity index (χ1v) is 8.52. The summed E-state index contributed by atoms with van der Waals surface area (Å²) in [7, 11) is 1.59. The van der Waals surface area contributed by atoms with Crippen LogP contribution in [0, 0.1) is 6.92 Å². The minimum Gasteiger partial charge on any atom is -0.495 e. The van der Waals surface area contributed by atoms with E-state index in [1.54, 1.807) is 13.3 Å². The van der Waals surface area contributed by atoms with Crippen LogP contribution in [0.2, 0.25) is 0 Å². The number of fused-ring (bicyclic) bond motifs is 1. The van der Waals surface area contributed by atoms with Crippen molar-refractivity contribution in [1.82, 2.24) is 15.0 Å². The first-order chi connectivity index (χ1) is 13.2. The zero-order valence-corrected chi connectivity index (χ0v) is 15.0. The molecule has 0 saturated heterocycles. The van der Waals surface area contributed by atoms with Gasteiger partial charge in [0.1, 0.15) is 5.75 Å². The van der Waals surface area contributed by atoms with E-state index in [-0.39, 0.29) is 5.56 Å². The van der Waals surface area contributed by atoms with E-state index in [4.69, 9.17) is 4.74 Å². The molecule has 0 unspecified atom stereocenters. The molecule has 0 atom stereocenters. The Balaban J connectivity index is 1.81. The molecule has 2 aromatic heterocycles. The summed E-state index contributed by atoms with van der Waals surface area (Å²) in [6.45, 7) is 2.03. The lowest BCUT2D eigenvalue weighted by molar-refractivity contribution is 0.417. The maximum Gasteiger partial charge on any atom is 0.262 e. The fraction of sp³-hybridized carbons (Fsp3) is 0.0952. The minimum absolute atomic E-state index is 0.249. The van der Waals surface area contributed by atoms with Crippen molar-refractivity contribution < 1.29 is 4.74 Å². The number of H-pyrrole nitrogens is 1. The van der Waals surface area contributed by atoms with Crippen LogP contribution in [0.15, 0.2) is 65.6 Å². The van der Waals surface area contributed by atoms with Crippen LogP contribution in [0.4, 0.5) is 11.6 Å². The predicted molar refractivity (Wildman–Crippen MR) is 107 cm³/mol. The predicted octanol–water partition coefficient (Wildman–Crippen LogP) is 4.05. The van der Waals surface area contributed by atoms with Crippen molar-refractivity contribution in [3.05, 3.63) is 76.7 Å². The standard InChI is InChI=1S/C21H18N4O2/c1-13-7-9-14(10-8-13)15-11-12-22-19-18(15)20(26)25-21(24-19)23-16-5-3-4-6-17(16)27-2/h3-12H,1-2H3,(H2,22,23,24,25,26). The number of aromatic amines is 1. The summed E-state index contributed by atoms with van der Waals surface area (Å²) in [6, 6.07) is 17.3. The molecule has 0 bridgehead atoms. The van der Waals surface area contributed by atoms with Gasteiger partial charge in [0, 0.05) is 6.20 Å². The highest BCUT2D eigenvalue weighted by Gasteiger charge is 2.12. The molecule has 4 rings (SSSR count). The molecular formula is C21H18N4O2. The minimum atomic E-state index is -0.249. The van der Waals surface area contributed by atoms with Crippen LogP contribution in [0.1, 0.15) is 5.56 Å². The highest BCUT2D eigenvalue weighted by molar-refractivity contribution is 5.92. The van der Waals surface area contributed by atoms with Crippen molar-refractivity contribution >= 4 is 22.7 Å². The molecule has 0 aliphatic heterocycles. The average Bonchev–Trinajstić information content (AvgIpc) is 2.68. The molecule has 6 nitrogen and oxygen atoms in total. The first kappa shape index (κ1) is 16.8. The van der Waals surface area contributed by atoms with Crippen LogP contribution in [0.5, 0.6) is 5.75 Å². The fourth-order valence-corrected chi connectivity index (χ4v) is 2.97. The number of methoxy groups -OCH3 is 1. The number of hydrogen-bond donors (Lipinski definition) is 2. The molecule has 0 radical (unpaired) electrons. The Labute approximate surface area is 155 Å². The van der Waals surface area contributed by atoms with E-state index in [9.17, 15) is 4.79 Å². The Bertz CT molecular complexity index is 1170. The van der Waals surface area contributed by atoms with Gasteiger partial charge >= 0.3 is 0 Å². The fourth-order valence-electron chi connectivity index (χ4n) is 2.97. The number of anilines is 2. The summed E-state index contributed by atoms with van der Waals surface area (Å²) >= 11 is 0. The van der Waals surface area contributed by atoms with E-state index in [1.807, 2.05) is 61.5 Å². The number of nitrogens with zero attached hydrogens (tertiary/aromatic N) is 2. The molecule has 0 aliphatic carbocycles. The van der Waals surface area contributed by atoms with Gasteiger partial charge in [-0.2, -0.15) is 4.98 Å². The van der Waals surface area contributed by atoms with Crippen LogP contribution in [-0.4, -0.2) is 22.1 Å². The summed E-state index contributed by atoms with van der Waals surface area (Å²) in [5, 5.41) is 3.56. The Kier molecular flexibility index (Phi) is 4.30. The second-order valence-corrected chi connectivity index (χ2v) is 6.16. The summed E-state index contributed by atoms with van der Waals surface area (Å²) in [6.07, 6.45) is 1.66. The molecule has 0 fully saturated rings. The molecule has 2 heterocycles. The zero-order chi connectivity index (χ0) is 18.8. The first-order valence-electron chi connectivity index (χ1n) is 8.52. The average molecular weight is 358 g/mol. The number of aryl methyl sites for hydroxylation is 1. The van der Waals surface area contributed by atoms with E-state index in [0.717, 1.165) is 16.7 Å². The maximum absolute atomic E-state index is 12.8. The van der Waals surface area contributed by atoms with Crippen molar-refractivity contribution in [2.75, 3.05) is 12.4 Å². The van der Waals surface area contributed by atoms with Gasteiger partial charge in [-0.1, -0.05) is 42.0 Å². The number of ether oxygens (including phenoxy) is 1. The largest absolute Gasteiger partial charge is 0.495 e. The van der Waals surface area contributed by atoms with E-state index in [1.165, 1.54) is 0 Å². The van der Waals surface area contributed by atoms with E-state index in [0.29, 0.717) is 28.4 Å². The Hall–Kier alpha value is -3.67. The smallest absolute Gasteiger partial charge is 0.262 e. The van der Waals surface area contributed by atoms with Gasteiger partial charge in [-0.3, -0.25) is 9.78 Å². The van der Waals surface area contributed by atoms with Gasteiger partial charge in [0.05, 0.1) is 18.2 Å². The number of hydrogen-bond acceptors (Lipinski definition) is 5. The molecular weight excluding hydrogens is 340 g/mol. The van der Waals surface area contributed by atoms with Crippen LogP contribution in [-0.2, 0) is 0 Å².